The van der Waals surface area contributed by atoms with Crippen molar-refractivity contribution >= 4 is 5.97 Å². The topological polar surface area (TPSA) is 241 Å². The SMILES string of the molecule is CC(C)(COC(C)(C)CC(=O)O)OCCN(CC(O)C(O)C(O)CCO)CC(O)C(O)C(O)CCO.CO. The first-order valence-electron chi connectivity index (χ1n) is 12.5. The van der Waals surface area contributed by atoms with Gasteiger partial charge < -0.3 is 60.5 Å². The predicted molar refractivity (Wildman–Crippen MR) is 136 cm³/mol. The highest BCUT2D eigenvalue weighted by Crippen LogP contribution is 2.19. The molecule has 10 N–H and O–H groups in total. The summed E-state index contributed by atoms with van der Waals surface area (Å²) in [5.74, 6) is -0.996. The van der Waals surface area contributed by atoms with E-state index in [1.165, 1.54) is 4.90 Å². The summed E-state index contributed by atoms with van der Waals surface area (Å²) in [6, 6.07) is 0. The van der Waals surface area contributed by atoms with E-state index in [1.807, 2.05) is 0 Å². The molecule has 0 saturated carbocycles. The molecule has 0 saturated heterocycles. The largest absolute Gasteiger partial charge is 0.481 e. The molecule has 14 heteroatoms. The first kappa shape index (κ1) is 39.1. The van der Waals surface area contributed by atoms with Crippen LogP contribution >= 0.6 is 0 Å². The maximum absolute atomic E-state index is 11.0. The van der Waals surface area contributed by atoms with Gasteiger partial charge in [-0.2, -0.15) is 0 Å². The number of aliphatic carboxylic acids is 1. The fraction of sp³-hybridized carbons (Fsp3) is 0.958. The molecule has 0 aliphatic rings. The Bertz CT molecular complexity index is 582. The van der Waals surface area contributed by atoms with E-state index in [1.54, 1.807) is 27.7 Å². The van der Waals surface area contributed by atoms with Crippen LogP contribution in [-0.2, 0) is 14.3 Å². The number of carbonyl (C=O) groups is 1. The molecule has 0 aromatic heterocycles. The minimum atomic E-state index is -1.58. The Hall–Kier alpha value is -1.01. The molecule has 0 fully saturated rings. The molecule has 0 aromatic carbocycles. The lowest BCUT2D eigenvalue weighted by Crippen LogP contribution is -2.50. The Morgan fingerprint density at radius 3 is 1.53 bits per heavy atom. The minimum Gasteiger partial charge on any atom is -0.481 e. The lowest BCUT2D eigenvalue weighted by molar-refractivity contribution is -0.152. The lowest BCUT2D eigenvalue weighted by Gasteiger charge is -2.34. The van der Waals surface area contributed by atoms with Crippen molar-refractivity contribution in [2.45, 2.75) is 94.8 Å². The Morgan fingerprint density at radius 1 is 0.737 bits per heavy atom. The van der Waals surface area contributed by atoms with Gasteiger partial charge in [0.1, 0.15) is 12.2 Å². The first-order chi connectivity index (χ1) is 17.5. The van der Waals surface area contributed by atoms with Crippen LogP contribution in [0.1, 0.15) is 47.0 Å². The highest BCUT2D eigenvalue weighted by Gasteiger charge is 2.31. The number of hydrogen-bond acceptors (Lipinski definition) is 13. The Balaban J connectivity index is 0. The van der Waals surface area contributed by atoms with Gasteiger partial charge in [-0.05, 0) is 40.5 Å². The van der Waals surface area contributed by atoms with Crippen LogP contribution in [0.25, 0.3) is 0 Å². The number of ether oxygens (including phenoxy) is 2. The normalized spacial score (nSPS) is 17.2. The van der Waals surface area contributed by atoms with E-state index in [4.69, 9.17) is 29.9 Å². The molecule has 0 heterocycles. The van der Waals surface area contributed by atoms with Crippen molar-refractivity contribution in [3.05, 3.63) is 0 Å². The number of aliphatic hydroxyl groups excluding tert-OH is 9. The molecule has 6 atom stereocenters. The molecule has 0 radical (unpaired) electrons. The lowest BCUT2D eigenvalue weighted by atomic mass is 10.0. The zero-order valence-corrected chi connectivity index (χ0v) is 23.2. The van der Waals surface area contributed by atoms with Gasteiger partial charge >= 0.3 is 5.97 Å². The Morgan fingerprint density at radius 2 is 1.16 bits per heavy atom. The summed E-state index contributed by atoms with van der Waals surface area (Å²) in [6.45, 7) is 5.74. The number of carboxylic acid groups (broad SMARTS) is 1. The highest BCUT2D eigenvalue weighted by atomic mass is 16.6. The molecule has 38 heavy (non-hydrogen) atoms. The molecule has 0 rings (SSSR count). The number of hydrogen-bond donors (Lipinski definition) is 10. The van der Waals surface area contributed by atoms with Crippen molar-refractivity contribution < 1.29 is 65.3 Å². The van der Waals surface area contributed by atoms with Gasteiger partial charge in [-0.15, -0.1) is 0 Å². The van der Waals surface area contributed by atoms with E-state index in [-0.39, 0.29) is 52.1 Å². The van der Waals surface area contributed by atoms with Crippen LogP contribution in [0.3, 0.4) is 0 Å². The van der Waals surface area contributed by atoms with Crippen LogP contribution in [0.2, 0.25) is 0 Å². The van der Waals surface area contributed by atoms with Crippen LogP contribution in [0.15, 0.2) is 0 Å². The number of rotatable bonds is 21. The third-order valence-corrected chi connectivity index (χ3v) is 5.60. The van der Waals surface area contributed by atoms with E-state index in [9.17, 15) is 35.4 Å². The molecule has 0 spiro atoms. The second-order valence-corrected chi connectivity index (χ2v) is 10.3. The minimum absolute atomic E-state index is 0.0553. The van der Waals surface area contributed by atoms with Gasteiger partial charge in [-0.1, -0.05) is 0 Å². The van der Waals surface area contributed by atoms with Gasteiger partial charge in [0, 0.05) is 40.0 Å². The smallest absolute Gasteiger partial charge is 0.306 e. The van der Waals surface area contributed by atoms with Crippen LogP contribution < -0.4 is 0 Å². The fourth-order valence-corrected chi connectivity index (χ4v) is 3.40. The monoisotopic (exact) mass is 561 g/mol. The maximum Gasteiger partial charge on any atom is 0.306 e. The van der Waals surface area contributed by atoms with E-state index < -0.39 is 67.0 Å². The maximum atomic E-state index is 11.0. The third-order valence-electron chi connectivity index (χ3n) is 5.60. The van der Waals surface area contributed by atoms with E-state index in [0.717, 1.165) is 7.11 Å². The summed E-state index contributed by atoms with van der Waals surface area (Å²) >= 11 is 0. The molecular weight excluding hydrogens is 510 g/mol. The average molecular weight is 562 g/mol. The van der Waals surface area contributed by atoms with Crippen molar-refractivity contribution in [2.24, 2.45) is 0 Å². The molecule has 0 aliphatic carbocycles. The van der Waals surface area contributed by atoms with Crippen LogP contribution in [0.5, 0.6) is 0 Å². The van der Waals surface area contributed by atoms with E-state index in [2.05, 4.69) is 0 Å². The summed E-state index contributed by atoms with van der Waals surface area (Å²) in [5.41, 5.74) is -1.74. The number of carboxylic acids is 1. The van der Waals surface area contributed by atoms with Crippen LogP contribution in [-0.4, -0.2) is 163 Å². The third kappa shape index (κ3) is 17.6. The number of aliphatic hydroxyl groups is 9. The van der Waals surface area contributed by atoms with Crippen molar-refractivity contribution in [1.29, 1.82) is 0 Å². The van der Waals surface area contributed by atoms with Crippen molar-refractivity contribution in [1.82, 2.24) is 4.90 Å². The predicted octanol–water partition coefficient (Wildman–Crippen LogP) is -3.11. The van der Waals surface area contributed by atoms with Gasteiger partial charge in [0.2, 0.25) is 0 Å². The number of nitrogens with zero attached hydrogens (tertiary/aromatic N) is 1. The summed E-state index contributed by atoms with van der Waals surface area (Å²) < 4.78 is 11.5. The van der Waals surface area contributed by atoms with Crippen molar-refractivity contribution in [2.75, 3.05) is 53.2 Å². The van der Waals surface area contributed by atoms with Gasteiger partial charge in [-0.3, -0.25) is 9.69 Å². The second-order valence-electron chi connectivity index (χ2n) is 10.3. The van der Waals surface area contributed by atoms with Crippen LogP contribution in [0, 0.1) is 0 Å². The van der Waals surface area contributed by atoms with Crippen molar-refractivity contribution in [3.8, 4) is 0 Å². The molecule has 0 amide bonds. The quantitative estimate of drug-likeness (QED) is 0.0667. The first-order valence-corrected chi connectivity index (χ1v) is 12.5. The van der Waals surface area contributed by atoms with E-state index >= 15 is 0 Å². The highest BCUT2D eigenvalue weighted by molar-refractivity contribution is 5.67. The summed E-state index contributed by atoms with van der Waals surface area (Å²) in [5, 5.41) is 94.5. The van der Waals surface area contributed by atoms with Gasteiger partial charge in [0.05, 0.1) is 55.3 Å². The van der Waals surface area contributed by atoms with Crippen LogP contribution in [0.4, 0.5) is 0 Å². The zero-order valence-electron chi connectivity index (χ0n) is 23.2. The van der Waals surface area contributed by atoms with Gasteiger partial charge in [-0.25, -0.2) is 0 Å². The molecule has 6 unspecified atom stereocenters. The standard InChI is InChI=1S/C23H47NO12.CH4O/c1-22(2,11-19(31)32)36-14-23(3,4)35-10-7-24(12-17(29)20(33)15(27)5-8-25)13-18(30)21(34)16(28)6-9-26;1-2/h15-18,20-21,25-30,33-34H,5-14H2,1-4H3,(H,31,32);2H,1H3. The zero-order chi connectivity index (χ0) is 30.1. The Kier molecular flexibility index (Phi) is 20.6. The molecule has 0 aromatic rings. The summed E-state index contributed by atoms with van der Waals surface area (Å²) in [7, 11) is 1.00. The molecule has 14 nitrogen and oxygen atoms in total. The molecular formula is C24H51NO13. The van der Waals surface area contributed by atoms with Gasteiger partial charge in [0.25, 0.3) is 0 Å². The second kappa shape index (κ2) is 20.0. The van der Waals surface area contributed by atoms with Crippen molar-refractivity contribution in [3.63, 3.8) is 0 Å². The fourth-order valence-electron chi connectivity index (χ4n) is 3.40. The summed E-state index contributed by atoms with van der Waals surface area (Å²) in [6.07, 6.45) is -9.34. The molecule has 0 bridgehead atoms. The van der Waals surface area contributed by atoms with Gasteiger partial charge in [0.15, 0.2) is 0 Å². The molecule has 230 valence electrons. The molecule has 0 aliphatic heterocycles. The van der Waals surface area contributed by atoms with E-state index in [0.29, 0.717) is 0 Å². The average Bonchev–Trinajstić information content (AvgIpc) is 2.82. The summed E-state index contributed by atoms with van der Waals surface area (Å²) in [4.78, 5) is 12.4. The Labute approximate surface area is 224 Å².